The maximum Gasteiger partial charge on any atom is 0.241 e. The van der Waals surface area contributed by atoms with Crippen molar-refractivity contribution in [3.63, 3.8) is 0 Å². The molecule has 1 atom stereocenters. The van der Waals surface area contributed by atoms with Crippen LogP contribution in [0.1, 0.15) is 12.5 Å². The molecule has 0 aliphatic rings. The first-order valence-electron chi connectivity index (χ1n) is 7.07. The van der Waals surface area contributed by atoms with Crippen molar-refractivity contribution in [3.05, 3.63) is 65.5 Å². The van der Waals surface area contributed by atoms with Crippen molar-refractivity contribution in [2.45, 2.75) is 19.5 Å². The van der Waals surface area contributed by atoms with Gasteiger partial charge in [0, 0.05) is 12.6 Å². The second-order valence-electron chi connectivity index (χ2n) is 5.33. The molecule has 2 rings (SSSR count). The summed E-state index contributed by atoms with van der Waals surface area (Å²) in [7, 11) is 1.69. The van der Waals surface area contributed by atoms with Gasteiger partial charge in [0.1, 0.15) is 17.5 Å². The zero-order chi connectivity index (χ0) is 17.0. The summed E-state index contributed by atoms with van der Waals surface area (Å²) >= 11 is 0. The molecular formula is C17H17F3N2O. The van der Waals surface area contributed by atoms with E-state index in [1.165, 1.54) is 12.1 Å². The minimum Gasteiger partial charge on any atom is -0.322 e. The highest BCUT2D eigenvalue weighted by Gasteiger charge is 2.19. The number of likely N-dealkylation sites (N-methyl/N-ethyl adjacent to an activating group) is 1. The number of halogens is 3. The molecule has 2 aromatic rings. The molecule has 23 heavy (non-hydrogen) atoms. The lowest BCUT2D eigenvalue weighted by atomic mass is 10.1. The zero-order valence-corrected chi connectivity index (χ0v) is 12.8. The topological polar surface area (TPSA) is 32.3 Å². The van der Waals surface area contributed by atoms with Crippen molar-refractivity contribution in [1.29, 1.82) is 0 Å². The Morgan fingerprint density at radius 3 is 2.52 bits per heavy atom. The van der Waals surface area contributed by atoms with Crippen LogP contribution in [-0.2, 0) is 11.3 Å². The van der Waals surface area contributed by atoms with Gasteiger partial charge in [-0.15, -0.1) is 0 Å². The largest absolute Gasteiger partial charge is 0.322 e. The maximum absolute atomic E-state index is 13.5. The lowest BCUT2D eigenvalue weighted by molar-refractivity contribution is -0.120. The van der Waals surface area contributed by atoms with Crippen molar-refractivity contribution >= 4 is 11.6 Å². The molecule has 1 N–H and O–H groups in total. The van der Waals surface area contributed by atoms with Crippen LogP contribution in [0.4, 0.5) is 18.9 Å². The van der Waals surface area contributed by atoms with Crippen molar-refractivity contribution in [2.24, 2.45) is 0 Å². The Kier molecular flexibility index (Phi) is 5.39. The molecule has 2 aromatic carbocycles. The molecule has 3 nitrogen and oxygen atoms in total. The molecular weight excluding hydrogens is 305 g/mol. The lowest BCUT2D eigenvalue weighted by Crippen LogP contribution is -2.39. The lowest BCUT2D eigenvalue weighted by Gasteiger charge is -2.24. The monoisotopic (exact) mass is 322 g/mol. The van der Waals surface area contributed by atoms with Gasteiger partial charge in [0.25, 0.3) is 0 Å². The van der Waals surface area contributed by atoms with E-state index in [1.807, 2.05) is 0 Å². The first-order chi connectivity index (χ1) is 10.9. The van der Waals surface area contributed by atoms with Crippen molar-refractivity contribution in [2.75, 3.05) is 12.4 Å². The number of nitrogens with one attached hydrogen (secondary N) is 1. The third-order valence-electron chi connectivity index (χ3n) is 3.55. The van der Waals surface area contributed by atoms with E-state index in [2.05, 4.69) is 5.32 Å². The van der Waals surface area contributed by atoms with Crippen LogP contribution in [-0.4, -0.2) is 23.9 Å². The number of anilines is 1. The summed E-state index contributed by atoms with van der Waals surface area (Å²) in [6.45, 7) is 1.98. The van der Waals surface area contributed by atoms with Crippen LogP contribution < -0.4 is 5.32 Å². The molecule has 0 aromatic heterocycles. The average Bonchev–Trinajstić information content (AvgIpc) is 2.50. The first kappa shape index (κ1) is 17.0. The Morgan fingerprint density at radius 2 is 1.83 bits per heavy atom. The molecule has 1 amide bonds. The van der Waals surface area contributed by atoms with Gasteiger partial charge >= 0.3 is 0 Å². The van der Waals surface area contributed by atoms with Crippen molar-refractivity contribution < 1.29 is 18.0 Å². The van der Waals surface area contributed by atoms with Gasteiger partial charge in [0.15, 0.2) is 0 Å². The first-order valence-corrected chi connectivity index (χ1v) is 7.07. The Morgan fingerprint density at radius 1 is 1.13 bits per heavy atom. The minimum absolute atomic E-state index is 0.207. The fourth-order valence-corrected chi connectivity index (χ4v) is 2.09. The van der Waals surface area contributed by atoms with Gasteiger partial charge in [0.2, 0.25) is 5.91 Å². The molecule has 1 unspecified atom stereocenters. The van der Waals surface area contributed by atoms with E-state index < -0.39 is 23.6 Å². The maximum atomic E-state index is 13.5. The summed E-state index contributed by atoms with van der Waals surface area (Å²) in [5.74, 6) is -2.18. The van der Waals surface area contributed by atoms with E-state index in [1.54, 1.807) is 31.0 Å². The third kappa shape index (κ3) is 4.56. The molecule has 0 saturated heterocycles. The van der Waals surface area contributed by atoms with Gasteiger partial charge in [-0.2, -0.15) is 0 Å². The van der Waals surface area contributed by atoms with Gasteiger partial charge in [-0.05, 0) is 43.8 Å². The second-order valence-corrected chi connectivity index (χ2v) is 5.33. The number of amides is 1. The molecule has 0 spiro atoms. The van der Waals surface area contributed by atoms with Crippen molar-refractivity contribution in [3.8, 4) is 0 Å². The van der Waals surface area contributed by atoms with Crippen LogP contribution in [0.5, 0.6) is 0 Å². The van der Waals surface area contributed by atoms with Crippen LogP contribution in [0, 0.1) is 17.5 Å². The zero-order valence-electron chi connectivity index (χ0n) is 12.8. The van der Waals surface area contributed by atoms with E-state index in [0.717, 1.165) is 18.2 Å². The second kappa shape index (κ2) is 7.28. The average molecular weight is 322 g/mol. The molecule has 0 radical (unpaired) electrons. The Labute approximate surface area is 132 Å². The normalized spacial score (nSPS) is 12.3. The van der Waals surface area contributed by atoms with Gasteiger partial charge < -0.3 is 5.32 Å². The molecule has 0 fully saturated rings. The fraction of sp³-hybridized carbons (Fsp3) is 0.235. The molecule has 0 aliphatic heterocycles. The molecule has 0 saturated carbocycles. The SMILES string of the molecule is CC(C(=O)Nc1cc(F)ccc1F)N(C)Cc1cccc(F)c1. The number of nitrogens with zero attached hydrogens (tertiary/aromatic N) is 1. The van der Waals surface area contributed by atoms with Gasteiger partial charge in [0.05, 0.1) is 11.7 Å². The van der Waals surface area contributed by atoms with E-state index >= 15 is 0 Å². The highest BCUT2D eigenvalue weighted by molar-refractivity contribution is 5.94. The minimum atomic E-state index is -0.709. The summed E-state index contributed by atoms with van der Waals surface area (Å²) in [6, 6.07) is 8.30. The standard InChI is InChI=1S/C17H17F3N2O/c1-11(22(2)10-12-4-3-5-13(18)8-12)17(23)21-16-9-14(19)6-7-15(16)20/h3-9,11H,10H2,1-2H3,(H,21,23). The smallest absolute Gasteiger partial charge is 0.241 e. The molecule has 0 aliphatic carbocycles. The van der Waals surface area contributed by atoms with E-state index in [-0.39, 0.29) is 11.5 Å². The van der Waals surface area contributed by atoms with Crippen LogP contribution in [0.15, 0.2) is 42.5 Å². The predicted molar refractivity (Wildman–Crippen MR) is 82.3 cm³/mol. The molecule has 122 valence electrons. The fourth-order valence-electron chi connectivity index (χ4n) is 2.09. The van der Waals surface area contributed by atoms with Crippen LogP contribution >= 0.6 is 0 Å². The van der Waals surface area contributed by atoms with Crippen LogP contribution in [0.2, 0.25) is 0 Å². The summed E-state index contributed by atoms with van der Waals surface area (Å²) in [5, 5.41) is 2.36. The van der Waals surface area contributed by atoms with Crippen LogP contribution in [0.25, 0.3) is 0 Å². The molecule has 0 bridgehead atoms. The van der Waals surface area contributed by atoms with E-state index in [9.17, 15) is 18.0 Å². The number of carbonyl (C=O) groups excluding carboxylic acids is 1. The van der Waals surface area contributed by atoms with Gasteiger partial charge in [-0.1, -0.05) is 12.1 Å². The predicted octanol–water partition coefficient (Wildman–Crippen LogP) is 3.56. The summed E-state index contributed by atoms with van der Waals surface area (Å²) in [5.41, 5.74) is 0.505. The Hall–Kier alpha value is -2.34. The van der Waals surface area contributed by atoms with Crippen molar-refractivity contribution in [1.82, 2.24) is 4.90 Å². The van der Waals surface area contributed by atoms with Gasteiger partial charge in [-0.3, -0.25) is 9.69 Å². The highest BCUT2D eigenvalue weighted by atomic mass is 19.1. The number of benzene rings is 2. The number of rotatable bonds is 5. The summed E-state index contributed by atoms with van der Waals surface area (Å²) in [6.07, 6.45) is 0. The third-order valence-corrected chi connectivity index (χ3v) is 3.55. The van der Waals surface area contributed by atoms with E-state index in [4.69, 9.17) is 0 Å². The summed E-state index contributed by atoms with van der Waals surface area (Å²) in [4.78, 5) is 13.8. The van der Waals surface area contributed by atoms with Gasteiger partial charge in [-0.25, -0.2) is 13.2 Å². The van der Waals surface area contributed by atoms with Crippen LogP contribution in [0.3, 0.4) is 0 Å². The number of hydrogen-bond donors (Lipinski definition) is 1. The number of carbonyl (C=O) groups is 1. The molecule has 6 heteroatoms. The Balaban J connectivity index is 2.02. The van der Waals surface area contributed by atoms with E-state index in [0.29, 0.717) is 12.1 Å². The summed E-state index contributed by atoms with van der Waals surface area (Å²) < 4.78 is 39.8. The molecule has 0 heterocycles. The quantitative estimate of drug-likeness (QED) is 0.913. The highest BCUT2D eigenvalue weighted by Crippen LogP contribution is 2.16. The Bertz CT molecular complexity index is 706. The number of hydrogen-bond acceptors (Lipinski definition) is 2.